The number of aliphatic carboxylic acids is 1. The molecule has 0 aromatic heterocycles. The first-order valence-electron chi connectivity index (χ1n) is 7.24. The third-order valence-corrected chi connectivity index (χ3v) is 2.91. The molecular weight excluding hydrogens is 278 g/mol. The van der Waals surface area contributed by atoms with E-state index in [0.717, 1.165) is 6.54 Å². The van der Waals surface area contributed by atoms with E-state index < -0.39 is 12.1 Å². The molecule has 0 radical (unpaired) electrons. The van der Waals surface area contributed by atoms with Gasteiger partial charge in [0.15, 0.2) is 6.10 Å². The molecule has 4 nitrogen and oxygen atoms in total. The summed E-state index contributed by atoms with van der Waals surface area (Å²) in [5, 5.41) is 20.7. The molecule has 0 bridgehead atoms. The van der Waals surface area contributed by atoms with Gasteiger partial charge in [-0.25, -0.2) is 4.79 Å². The lowest BCUT2D eigenvalue weighted by molar-refractivity contribution is -0.146. The van der Waals surface area contributed by atoms with Crippen LogP contribution in [0.25, 0.3) is 0 Å². The Morgan fingerprint density at radius 2 is 1.50 bits per heavy atom. The van der Waals surface area contributed by atoms with Crippen molar-refractivity contribution in [3.8, 4) is 0 Å². The zero-order valence-corrected chi connectivity index (χ0v) is 12.9. The summed E-state index contributed by atoms with van der Waals surface area (Å²) < 4.78 is 0. The van der Waals surface area contributed by atoms with Crippen molar-refractivity contribution in [1.29, 1.82) is 0 Å². The normalized spacial score (nSPS) is 11.5. The summed E-state index contributed by atoms with van der Waals surface area (Å²) in [5.74, 6) is -1.23. The summed E-state index contributed by atoms with van der Waals surface area (Å²) in [4.78, 5) is 10.2. The van der Waals surface area contributed by atoms with E-state index in [1.165, 1.54) is 5.56 Å². The summed E-state index contributed by atoms with van der Waals surface area (Å²) in [6.07, 6.45) is -1.41. The molecule has 118 valence electrons. The van der Waals surface area contributed by atoms with Crippen molar-refractivity contribution in [2.45, 2.75) is 32.5 Å². The van der Waals surface area contributed by atoms with E-state index in [2.05, 4.69) is 43.4 Å². The van der Waals surface area contributed by atoms with Crippen LogP contribution in [-0.2, 0) is 11.3 Å². The average molecular weight is 301 g/mol. The number of carboxylic acids is 1. The van der Waals surface area contributed by atoms with Gasteiger partial charge in [0, 0.05) is 12.6 Å². The van der Waals surface area contributed by atoms with Crippen LogP contribution in [0.3, 0.4) is 0 Å². The molecule has 0 amide bonds. The Hall–Kier alpha value is -2.17. The topological polar surface area (TPSA) is 69.6 Å². The Bertz CT molecular complexity index is 541. The van der Waals surface area contributed by atoms with Gasteiger partial charge in [0.1, 0.15) is 0 Å². The highest BCUT2D eigenvalue weighted by Gasteiger charge is 2.14. The zero-order chi connectivity index (χ0) is 16.4. The number of aliphatic hydroxyl groups excluding tert-OH is 1. The first kappa shape index (κ1) is 17.9. The third-order valence-electron chi connectivity index (χ3n) is 2.91. The van der Waals surface area contributed by atoms with Crippen LogP contribution in [0.2, 0.25) is 0 Å². The molecule has 0 saturated heterocycles. The van der Waals surface area contributed by atoms with Gasteiger partial charge in [0.2, 0.25) is 0 Å². The number of benzene rings is 2. The molecule has 2 aromatic rings. The molecule has 0 fully saturated rings. The molecule has 3 N–H and O–H groups in total. The highest BCUT2D eigenvalue weighted by atomic mass is 16.4. The first-order valence-corrected chi connectivity index (χ1v) is 7.24. The van der Waals surface area contributed by atoms with Crippen molar-refractivity contribution in [2.24, 2.45) is 0 Å². The number of nitrogens with one attached hydrogen (secondary N) is 1. The van der Waals surface area contributed by atoms with Crippen LogP contribution in [0, 0.1) is 0 Å². The molecule has 1 unspecified atom stereocenters. The predicted octanol–water partition coefficient (Wildman–Crippen LogP) is 2.99. The van der Waals surface area contributed by atoms with Crippen molar-refractivity contribution in [1.82, 2.24) is 5.32 Å². The summed E-state index contributed by atoms with van der Waals surface area (Å²) in [7, 11) is 0. The van der Waals surface area contributed by atoms with E-state index in [-0.39, 0.29) is 0 Å². The molecule has 22 heavy (non-hydrogen) atoms. The number of rotatable bonds is 5. The smallest absolute Gasteiger partial charge is 0.337 e. The molecule has 2 aromatic carbocycles. The van der Waals surface area contributed by atoms with E-state index in [0.29, 0.717) is 11.6 Å². The summed E-state index contributed by atoms with van der Waals surface area (Å²) >= 11 is 0. The average Bonchev–Trinajstić information content (AvgIpc) is 2.54. The molecule has 0 aliphatic rings. The van der Waals surface area contributed by atoms with Crippen molar-refractivity contribution in [3.63, 3.8) is 0 Å². The van der Waals surface area contributed by atoms with Crippen molar-refractivity contribution in [2.75, 3.05) is 0 Å². The minimum atomic E-state index is -1.41. The van der Waals surface area contributed by atoms with Gasteiger partial charge in [-0.2, -0.15) is 0 Å². The maximum Gasteiger partial charge on any atom is 0.337 e. The molecule has 0 heterocycles. The third kappa shape index (κ3) is 7.02. The summed E-state index contributed by atoms with van der Waals surface area (Å²) in [5.41, 5.74) is 1.75. The van der Waals surface area contributed by atoms with Gasteiger partial charge in [-0.3, -0.25) is 0 Å². The van der Waals surface area contributed by atoms with Crippen LogP contribution in [0.15, 0.2) is 60.7 Å². The summed E-state index contributed by atoms with van der Waals surface area (Å²) in [6, 6.07) is 19.3. The van der Waals surface area contributed by atoms with Crippen molar-refractivity contribution < 1.29 is 15.0 Å². The summed E-state index contributed by atoms with van der Waals surface area (Å²) in [6.45, 7) is 5.28. The SMILES string of the molecule is CC(C)NCc1ccccc1.O=C(O)C(O)c1ccccc1. The Balaban J connectivity index is 0.000000220. The van der Waals surface area contributed by atoms with Crippen LogP contribution in [0.5, 0.6) is 0 Å². The van der Waals surface area contributed by atoms with Crippen LogP contribution >= 0.6 is 0 Å². The van der Waals surface area contributed by atoms with Gasteiger partial charge >= 0.3 is 5.97 Å². The van der Waals surface area contributed by atoms with E-state index in [4.69, 9.17) is 10.2 Å². The van der Waals surface area contributed by atoms with Crippen molar-refractivity contribution in [3.05, 3.63) is 71.8 Å². The van der Waals surface area contributed by atoms with E-state index in [9.17, 15) is 4.79 Å². The Morgan fingerprint density at radius 1 is 1.00 bits per heavy atom. The van der Waals surface area contributed by atoms with Gasteiger partial charge in [0.25, 0.3) is 0 Å². The lowest BCUT2D eigenvalue weighted by Crippen LogP contribution is -2.21. The number of hydrogen-bond donors (Lipinski definition) is 3. The molecule has 2 rings (SSSR count). The first-order chi connectivity index (χ1) is 10.5. The maximum absolute atomic E-state index is 10.2. The number of carboxylic acid groups (broad SMARTS) is 1. The fourth-order valence-corrected chi connectivity index (χ4v) is 1.70. The molecule has 0 aliphatic heterocycles. The number of hydrogen-bond acceptors (Lipinski definition) is 3. The zero-order valence-electron chi connectivity index (χ0n) is 12.9. The fourth-order valence-electron chi connectivity index (χ4n) is 1.70. The second-order valence-electron chi connectivity index (χ2n) is 5.17. The van der Waals surface area contributed by atoms with Gasteiger partial charge in [-0.1, -0.05) is 74.5 Å². The maximum atomic E-state index is 10.2. The van der Waals surface area contributed by atoms with Gasteiger partial charge in [-0.05, 0) is 11.1 Å². The minimum absolute atomic E-state index is 0.403. The second kappa shape index (κ2) is 9.71. The molecule has 0 spiro atoms. The monoisotopic (exact) mass is 301 g/mol. The Labute approximate surface area is 131 Å². The number of carbonyl (C=O) groups is 1. The predicted molar refractivity (Wildman–Crippen MR) is 87.5 cm³/mol. The molecule has 0 aliphatic carbocycles. The quantitative estimate of drug-likeness (QED) is 0.794. The van der Waals surface area contributed by atoms with Crippen LogP contribution in [0.4, 0.5) is 0 Å². The highest BCUT2D eigenvalue weighted by molar-refractivity contribution is 5.73. The Kier molecular flexibility index (Phi) is 7.89. The van der Waals surface area contributed by atoms with E-state index in [1.54, 1.807) is 30.3 Å². The van der Waals surface area contributed by atoms with Gasteiger partial charge < -0.3 is 15.5 Å². The standard InChI is InChI=1S/C10H15N.C8H8O3/c1-9(2)11-8-10-6-4-3-5-7-10;9-7(8(10)11)6-4-2-1-3-5-6/h3-7,9,11H,8H2,1-2H3;1-5,7,9H,(H,10,11). The molecule has 4 heteroatoms. The van der Waals surface area contributed by atoms with Crippen LogP contribution in [-0.4, -0.2) is 22.2 Å². The largest absolute Gasteiger partial charge is 0.479 e. The number of aliphatic hydroxyl groups is 1. The molecular formula is C18H23NO3. The lowest BCUT2D eigenvalue weighted by atomic mass is 10.1. The molecule has 0 saturated carbocycles. The highest BCUT2D eigenvalue weighted by Crippen LogP contribution is 2.10. The second-order valence-corrected chi connectivity index (χ2v) is 5.17. The molecule has 1 atom stereocenters. The lowest BCUT2D eigenvalue weighted by Gasteiger charge is -2.06. The minimum Gasteiger partial charge on any atom is -0.479 e. The van der Waals surface area contributed by atoms with Crippen LogP contribution in [0.1, 0.15) is 31.1 Å². The van der Waals surface area contributed by atoms with E-state index in [1.807, 2.05) is 6.07 Å². The van der Waals surface area contributed by atoms with Crippen LogP contribution < -0.4 is 5.32 Å². The van der Waals surface area contributed by atoms with E-state index >= 15 is 0 Å². The van der Waals surface area contributed by atoms with Gasteiger partial charge in [0.05, 0.1) is 0 Å². The fraction of sp³-hybridized carbons (Fsp3) is 0.278. The van der Waals surface area contributed by atoms with Crippen molar-refractivity contribution >= 4 is 5.97 Å². The Morgan fingerprint density at radius 3 is 1.95 bits per heavy atom. The van der Waals surface area contributed by atoms with Gasteiger partial charge in [-0.15, -0.1) is 0 Å².